The van der Waals surface area contributed by atoms with Crippen molar-refractivity contribution in [3.63, 3.8) is 0 Å². The predicted octanol–water partition coefficient (Wildman–Crippen LogP) is 4.84. The second kappa shape index (κ2) is 13.4. The molecule has 2 heterocycles. The van der Waals surface area contributed by atoms with Gasteiger partial charge in [0.05, 0.1) is 17.3 Å². The van der Waals surface area contributed by atoms with Crippen LogP contribution >= 0.6 is 0 Å². The van der Waals surface area contributed by atoms with E-state index >= 15 is 0 Å². The first-order valence-corrected chi connectivity index (χ1v) is 12.7. The van der Waals surface area contributed by atoms with Crippen LogP contribution in [-0.4, -0.2) is 43.3 Å². The number of hydrogen-bond donors (Lipinski definition) is 5. The summed E-state index contributed by atoms with van der Waals surface area (Å²) in [6, 6.07) is 15.6. The molecular formula is C29H39N7O. The van der Waals surface area contributed by atoms with Crippen LogP contribution in [0.2, 0.25) is 0 Å². The van der Waals surface area contributed by atoms with E-state index < -0.39 is 0 Å². The number of nitrogen functional groups attached to an aromatic ring is 1. The minimum Gasteiger partial charge on any atom is -0.388 e. The second-order valence-electron chi connectivity index (χ2n) is 9.48. The summed E-state index contributed by atoms with van der Waals surface area (Å²) in [6.45, 7) is 8.44. The largest absolute Gasteiger partial charge is 0.388 e. The first kappa shape index (κ1) is 27.7. The molecule has 8 nitrogen and oxygen atoms in total. The molecule has 0 bridgehead atoms. The van der Waals surface area contributed by atoms with Gasteiger partial charge in [-0.2, -0.15) is 0 Å². The van der Waals surface area contributed by atoms with Crippen LogP contribution < -0.4 is 27.4 Å². The third kappa shape index (κ3) is 7.79. The molecule has 1 aliphatic heterocycles. The standard InChI is InChI=1S/C18H22N6O.C11H17N/c19-17-16(18(20)24-14-5-2-7-21-10-14)15(6-8-22-17)23-13-4-1-3-12(9-13)11-25;1-8(2)11-6-5-10(12-4)7-9(11)3/h1,3-4,6,8-9,11,14,21H,2,5,7,10H2,(H2,20,24)(H3,19,22,23);5-8,12H,1-4H3. The van der Waals surface area contributed by atoms with Gasteiger partial charge in [0.1, 0.15) is 17.9 Å². The van der Waals surface area contributed by atoms with Gasteiger partial charge < -0.3 is 27.4 Å². The molecular weight excluding hydrogens is 462 g/mol. The highest BCUT2D eigenvalue weighted by Crippen LogP contribution is 2.25. The molecule has 8 heteroatoms. The first-order valence-electron chi connectivity index (χ1n) is 12.7. The van der Waals surface area contributed by atoms with E-state index in [1.165, 1.54) is 16.8 Å². The molecule has 0 amide bonds. The molecule has 4 rings (SSSR count). The van der Waals surface area contributed by atoms with Crippen LogP contribution in [-0.2, 0) is 0 Å². The van der Waals surface area contributed by atoms with Crippen LogP contribution in [0.1, 0.15) is 59.7 Å². The average Bonchev–Trinajstić information content (AvgIpc) is 2.89. The number of piperidine rings is 1. The fraction of sp³-hybridized carbons (Fsp3) is 0.345. The number of pyridine rings is 1. The molecule has 1 atom stereocenters. The van der Waals surface area contributed by atoms with E-state index in [0.29, 0.717) is 34.4 Å². The third-order valence-corrected chi connectivity index (χ3v) is 6.31. The van der Waals surface area contributed by atoms with Crippen molar-refractivity contribution >= 4 is 35.0 Å². The van der Waals surface area contributed by atoms with E-state index in [9.17, 15) is 4.79 Å². The van der Waals surface area contributed by atoms with Gasteiger partial charge in [-0.05, 0) is 73.7 Å². The van der Waals surface area contributed by atoms with E-state index in [2.05, 4.69) is 64.9 Å². The molecule has 3 aromatic rings. The van der Waals surface area contributed by atoms with E-state index in [-0.39, 0.29) is 6.04 Å². The number of nitrogens with one attached hydrogen (secondary N) is 3. The normalized spacial score (nSPS) is 15.5. The topological polar surface area (TPSA) is 130 Å². The highest BCUT2D eigenvalue weighted by molar-refractivity contribution is 6.06. The number of benzene rings is 2. The molecule has 1 aliphatic rings. The zero-order valence-electron chi connectivity index (χ0n) is 22.2. The van der Waals surface area contributed by atoms with E-state index in [1.54, 1.807) is 30.5 Å². The smallest absolute Gasteiger partial charge is 0.150 e. The van der Waals surface area contributed by atoms with E-state index in [1.807, 2.05) is 13.1 Å². The quantitative estimate of drug-likeness (QED) is 0.178. The minimum absolute atomic E-state index is 0.139. The number of carbonyl (C=O) groups excluding carboxylic acids is 1. The monoisotopic (exact) mass is 501 g/mol. The lowest BCUT2D eigenvalue weighted by Gasteiger charge is -2.20. The SMILES string of the molecule is CNc1ccc(C(C)C)c(C)c1.NC(=NC1CCCNC1)c1c(Nc2cccc(C=O)c2)ccnc1N. The highest BCUT2D eigenvalue weighted by Gasteiger charge is 2.16. The molecule has 2 aromatic carbocycles. The molecule has 0 aliphatic carbocycles. The Morgan fingerprint density at radius 2 is 2.00 bits per heavy atom. The van der Waals surface area contributed by atoms with Crippen LogP contribution in [0.25, 0.3) is 0 Å². The van der Waals surface area contributed by atoms with Crippen molar-refractivity contribution in [3.05, 3.63) is 77.0 Å². The Morgan fingerprint density at radius 1 is 1.19 bits per heavy atom. The van der Waals surface area contributed by atoms with E-state index in [0.717, 1.165) is 37.9 Å². The highest BCUT2D eigenvalue weighted by atomic mass is 16.1. The number of anilines is 4. The summed E-state index contributed by atoms with van der Waals surface area (Å²) in [7, 11) is 1.95. The second-order valence-corrected chi connectivity index (χ2v) is 9.48. The first-order chi connectivity index (χ1) is 17.8. The van der Waals surface area contributed by atoms with Crippen molar-refractivity contribution in [2.75, 3.05) is 36.5 Å². The Balaban J connectivity index is 0.000000266. The number of rotatable bonds is 7. The van der Waals surface area contributed by atoms with Gasteiger partial charge in [-0.25, -0.2) is 4.98 Å². The van der Waals surface area contributed by atoms with Crippen molar-refractivity contribution in [3.8, 4) is 0 Å². The van der Waals surface area contributed by atoms with Crippen LogP contribution in [0, 0.1) is 6.92 Å². The maximum Gasteiger partial charge on any atom is 0.150 e. The van der Waals surface area contributed by atoms with Crippen LogP contribution in [0.3, 0.4) is 0 Å². The van der Waals surface area contributed by atoms with Gasteiger partial charge in [0, 0.05) is 36.7 Å². The maximum atomic E-state index is 11.0. The van der Waals surface area contributed by atoms with Crippen LogP contribution in [0.15, 0.2) is 59.7 Å². The Morgan fingerprint density at radius 3 is 2.65 bits per heavy atom. The lowest BCUT2D eigenvalue weighted by molar-refractivity contribution is 0.112. The number of aliphatic imine (C=N–C) groups is 1. The third-order valence-electron chi connectivity index (χ3n) is 6.31. The van der Waals surface area contributed by atoms with Crippen molar-refractivity contribution in [1.82, 2.24) is 10.3 Å². The zero-order chi connectivity index (χ0) is 26.8. The summed E-state index contributed by atoms with van der Waals surface area (Å²) in [6.07, 6.45) is 4.49. The summed E-state index contributed by atoms with van der Waals surface area (Å²) in [5, 5.41) is 9.70. The Hall–Kier alpha value is -3.91. The summed E-state index contributed by atoms with van der Waals surface area (Å²) < 4.78 is 0. The number of nitrogens with two attached hydrogens (primary N) is 2. The molecule has 1 fully saturated rings. The molecule has 0 radical (unpaired) electrons. The molecule has 1 saturated heterocycles. The molecule has 1 aromatic heterocycles. The van der Waals surface area contributed by atoms with Crippen molar-refractivity contribution < 1.29 is 4.79 Å². The number of aromatic nitrogens is 1. The van der Waals surface area contributed by atoms with Gasteiger partial charge in [-0.15, -0.1) is 0 Å². The lowest BCUT2D eigenvalue weighted by Crippen LogP contribution is -2.34. The van der Waals surface area contributed by atoms with Gasteiger partial charge in [0.2, 0.25) is 0 Å². The summed E-state index contributed by atoms with van der Waals surface area (Å²) in [4.78, 5) is 19.7. The maximum absolute atomic E-state index is 11.0. The van der Waals surface area contributed by atoms with Gasteiger partial charge in [-0.3, -0.25) is 9.79 Å². The summed E-state index contributed by atoms with van der Waals surface area (Å²) >= 11 is 0. The molecule has 0 spiro atoms. The lowest BCUT2D eigenvalue weighted by atomic mass is 9.98. The van der Waals surface area contributed by atoms with Crippen molar-refractivity contribution in [1.29, 1.82) is 0 Å². The van der Waals surface area contributed by atoms with Crippen LogP contribution in [0.5, 0.6) is 0 Å². The minimum atomic E-state index is 0.139. The Bertz CT molecular complexity index is 1220. The van der Waals surface area contributed by atoms with Crippen molar-refractivity contribution in [2.45, 2.75) is 45.6 Å². The van der Waals surface area contributed by atoms with Crippen LogP contribution in [0.4, 0.5) is 22.9 Å². The average molecular weight is 502 g/mol. The predicted molar refractivity (Wildman–Crippen MR) is 155 cm³/mol. The van der Waals surface area contributed by atoms with E-state index in [4.69, 9.17) is 11.5 Å². The van der Waals surface area contributed by atoms with Gasteiger partial charge in [0.15, 0.2) is 0 Å². The number of aldehydes is 1. The molecule has 7 N–H and O–H groups in total. The Kier molecular flexibility index (Phi) is 10.0. The molecule has 196 valence electrons. The molecule has 1 unspecified atom stereocenters. The van der Waals surface area contributed by atoms with Gasteiger partial charge in [-0.1, -0.05) is 32.0 Å². The number of carbonyl (C=O) groups is 1. The van der Waals surface area contributed by atoms with Gasteiger partial charge in [0.25, 0.3) is 0 Å². The number of aryl methyl sites for hydroxylation is 1. The fourth-order valence-corrected chi connectivity index (χ4v) is 4.38. The summed E-state index contributed by atoms with van der Waals surface area (Å²) in [5.74, 6) is 1.31. The van der Waals surface area contributed by atoms with Crippen molar-refractivity contribution in [2.24, 2.45) is 10.7 Å². The number of nitrogens with zero attached hydrogens (tertiary/aromatic N) is 2. The number of hydrogen-bond acceptors (Lipinski definition) is 7. The molecule has 0 saturated carbocycles. The zero-order valence-corrected chi connectivity index (χ0v) is 22.2. The van der Waals surface area contributed by atoms with Gasteiger partial charge >= 0.3 is 0 Å². The Labute approximate surface area is 220 Å². The summed E-state index contributed by atoms with van der Waals surface area (Å²) in [5.41, 5.74) is 18.9. The molecule has 37 heavy (non-hydrogen) atoms. The fourth-order valence-electron chi connectivity index (χ4n) is 4.38. The number of amidine groups is 1.